The molecule has 2 aliphatic heterocycles. The van der Waals surface area contributed by atoms with Gasteiger partial charge in [0.1, 0.15) is 11.6 Å². The number of carbonyl (C=O) groups is 2. The highest BCUT2D eigenvalue weighted by atomic mass is 16.6. The summed E-state index contributed by atoms with van der Waals surface area (Å²) in [4.78, 5) is 29.2. The maximum atomic E-state index is 12.7. The van der Waals surface area contributed by atoms with Crippen LogP contribution in [0.1, 0.15) is 39.2 Å². The molecule has 2 aliphatic rings. The molecule has 0 aromatic heterocycles. The maximum Gasteiger partial charge on any atom is 0.411 e. The van der Waals surface area contributed by atoms with Crippen molar-refractivity contribution in [3.05, 3.63) is 35.9 Å². The molecule has 3 atom stereocenters. The third-order valence-corrected chi connectivity index (χ3v) is 5.08. The van der Waals surface area contributed by atoms with Crippen LogP contribution >= 0.6 is 0 Å². The molecule has 6 heteroatoms. The summed E-state index contributed by atoms with van der Waals surface area (Å²) in [6, 6.07) is 9.77. The van der Waals surface area contributed by atoms with Gasteiger partial charge in [-0.3, -0.25) is 9.80 Å². The summed E-state index contributed by atoms with van der Waals surface area (Å²) in [6.45, 7) is 6.75. The Bertz CT molecular complexity index is 656. The van der Waals surface area contributed by atoms with E-state index < -0.39 is 17.7 Å². The predicted octanol–water partition coefficient (Wildman–Crippen LogP) is 2.81. The van der Waals surface area contributed by atoms with Crippen LogP contribution < -0.4 is 0 Å². The molecule has 2 fully saturated rings. The lowest BCUT2D eigenvalue weighted by Crippen LogP contribution is -2.64. The van der Waals surface area contributed by atoms with Crippen LogP contribution in [0, 0.1) is 0 Å². The first-order valence-electron chi connectivity index (χ1n) is 9.17. The molecule has 1 aromatic carbocycles. The van der Waals surface area contributed by atoms with E-state index in [9.17, 15) is 9.59 Å². The number of ether oxygens (including phenoxy) is 2. The topological polar surface area (TPSA) is 59.1 Å². The van der Waals surface area contributed by atoms with Crippen molar-refractivity contribution in [3.8, 4) is 0 Å². The number of methoxy groups -OCH3 is 1. The number of likely N-dealkylation sites (tertiary alicyclic amines) is 1. The molecule has 2 saturated heterocycles. The zero-order chi connectivity index (χ0) is 18.9. The molecule has 2 heterocycles. The molecular formula is C20H28N2O4. The van der Waals surface area contributed by atoms with Crippen molar-refractivity contribution in [1.29, 1.82) is 0 Å². The lowest BCUT2D eigenvalue weighted by molar-refractivity contribution is -0.152. The van der Waals surface area contributed by atoms with Gasteiger partial charge in [0.25, 0.3) is 0 Å². The molecule has 1 aromatic rings. The largest absolute Gasteiger partial charge is 0.467 e. The fourth-order valence-electron chi connectivity index (χ4n) is 4.00. The van der Waals surface area contributed by atoms with Gasteiger partial charge in [0.05, 0.1) is 7.11 Å². The van der Waals surface area contributed by atoms with Crippen molar-refractivity contribution >= 4 is 12.1 Å². The summed E-state index contributed by atoms with van der Waals surface area (Å²) in [5.41, 5.74) is 0.608. The van der Waals surface area contributed by atoms with Gasteiger partial charge < -0.3 is 9.47 Å². The van der Waals surface area contributed by atoms with Crippen LogP contribution in [0.3, 0.4) is 0 Å². The first kappa shape index (κ1) is 18.7. The number of hydrogen-bond acceptors (Lipinski definition) is 5. The van der Waals surface area contributed by atoms with Crippen molar-refractivity contribution < 1.29 is 19.1 Å². The maximum absolute atomic E-state index is 12.7. The molecule has 0 spiro atoms. The normalized spacial score (nSPS) is 25.8. The molecule has 3 rings (SSSR count). The van der Waals surface area contributed by atoms with E-state index in [-0.39, 0.29) is 18.1 Å². The van der Waals surface area contributed by atoms with Gasteiger partial charge in [-0.1, -0.05) is 30.3 Å². The second-order valence-electron chi connectivity index (χ2n) is 8.06. The molecule has 0 aliphatic carbocycles. The Labute approximate surface area is 155 Å². The molecule has 0 radical (unpaired) electrons. The van der Waals surface area contributed by atoms with Gasteiger partial charge in [-0.15, -0.1) is 0 Å². The molecule has 6 nitrogen and oxygen atoms in total. The average Bonchev–Trinajstić information content (AvgIpc) is 2.85. The van der Waals surface area contributed by atoms with Crippen LogP contribution in [0.2, 0.25) is 0 Å². The van der Waals surface area contributed by atoms with E-state index >= 15 is 0 Å². The van der Waals surface area contributed by atoms with E-state index in [0.29, 0.717) is 6.54 Å². The Kier molecular flexibility index (Phi) is 5.23. The van der Waals surface area contributed by atoms with E-state index in [0.717, 1.165) is 19.4 Å². The lowest BCUT2D eigenvalue weighted by Gasteiger charge is -2.45. The summed E-state index contributed by atoms with van der Waals surface area (Å²) in [5.74, 6) is -0.376. The molecule has 142 valence electrons. The Morgan fingerprint density at radius 3 is 2.46 bits per heavy atom. The summed E-state index contributed by atoms with van der Waals surface area (Å²) in [7, 11) is 1.37. The van der Waals surface area contributed by atoms with Gasteiger partial charge in [-0.05, 0) is 39.2 Å². The number of piperazine rings is 1. The third-order valence-electron chi connectivity index (χ3n) is 5.08. The SMILES string of the molecule is COC(=O)[C@H]1C2CCC(CN1C(=O)OC(C)(C)C)N2Cc1ccccc1. The van der Waals surface area contributed by atoms with Crippen molar-refractivity contribution in [2.75, 3.05) is 13.7 Å². The fourth-order valence-corrected chi connectivity index (χ4v) is 4.00. The van der Waals surface area contributed by atoms with E-state index in [1.54, 1.807) is 4.90 Å². The predicted molar refractivity (Wildman–Crippen MR) is 97.5 cm³/mol. The highest BCUT2D eigenvalue weighted by Gasteiger charge is 2.52. The molecular weight excluding hydrogens is 332 g/mol. The zero-order valence-corrected chi connectivity index (χ0v) is 16.0. The lowest BCUT2D eigenvalue weighted by atomic mass is 10.0. The van der Waals surface area contributed by atoms with Gasteiger partial charge in [-0.25, -0.2) is 9.59 Å². The van der Waals surface area contributed by atoms with Crippen molar-refractivity contribution in [2.45, 2.75) is 63.9 Å². The number of amides is 1. The number of benzene rings is 1. The van der Waals surface area contributed by atoms with Gasteiger partial charge in [0.2, 0.25) is 0 Å². The zero-order valence-electron chi connectivity index (χ0n) is 16.0. The first-order valence-corrected chi connectivity index (χ1v) is 9.17. The average molecular weight is 360 g/mol. The number of fused-ring (bicyclic) bond motifs is 2. The highest BCUT2D eigenvalue weighted by Crippen LogP contribution is 2.36. The molecule has 0 N–H and O–H groups in total. The van der Waals surface area contributed by atoms with Gasteiger partial charge in [0, 0.05) is 25.2 Å². The Morgan fingerprint density at radius 2 is 1.85 bits per heavy atom. The highest BCUT2D eigenvalue weighted by molar-refractivity contribution is 5.83. The molecule has 26 heavy (non-hydrogen) atoms. The fraction of sp³-hybridized carbons (Fsp3) is 0.600. The Hall–Kier alpha value is -2.08. The summed E-state index contributed by atoms with van der Waals surface area (Å²) in [6.07, 6.45) is 1.39. The van der Waals surface area contributed by atoms with Crippen LogP contribution in [0.5, 0.6) is 0 Å². The van der Waals surface area contributed by atoms with E-state index in [4.69, 9.17) is 9.47 Å². The molecule has 2 unspecified atom stereocenters. The van der Waals surface area contributed by atoms with Gasteiger partial charge in [0.15, 0.2) is 0 Å². The van der Waals surface area contributed by atoms with Crippen LogP contribution in [0.4, 0.5) is 4.79 Å². The van der Waals surface area contributed by atoms with Crippen LogP contribution in [-0.4, -0.2) is 59.2 Å². The van der Waals surface area contributed by atoms with Crippen molar-refractivity contribution in [1.82, 2.24) is 9.80 Å². The van der Waals surface area contributed by atoms with E-state index in [1.165, 1.54) is 12.7 Å². The van der Waals surface area contributed by atoms with Gasteiger partial charge in [-0.2, -0.15) is 0 Å². The molecule has 0 saturated carbocycles. The summed E-state index contributed by atoms with van der Waals surface area (Å²) in [5, 5.41) is 0. The number of carbonyl (C=O) groups excluding carboxylic acids is 2. The smallest absolute Gasteiger partial charge is 0.411 e. The second kappa shape index (κ2) is 7.27. The summed E-state index contributed by atoms with van der Waals surface area (Å²) < 4.78 is 10.6. The van der Waals surface area contributed by atoms with Gasteiger partial charge >= 0.3 is 12.1 Å². The number of esters is 1. The summed E-state index contributed by atoms with van der Waals surface area (Å²) >= 11 is 0. The minimum atomic E-state index is -0.627. The number of nitrogens with zero attached hydrogens (tertiary/aromatic N) is 2. The van der Waals surface area contributed by atoms with Crippen LogP contribution in [0.15, 0.2) is 30.3 Å². The van der Waals surface area contributed by atoms with E-state index in [2.05, 4.69) is 17.0 Å². The standard InChI is InChI=1S/C20H28N2O4/c1-20(2,3)26-19(24)22-13-15-10-11-16(17(22)18(23)25-4)21(15)12-14-8-6-5-7-9-14/h5-9,15-17H,10-13H2,1-4H3/t15?,16?,17-/m1/s1. The van der Waals surface area contributed by atoms with Crippen molar-refractivity contribution in [3.63, 3.8) is 0 Å². The molecule has 2 bridgehead atoms. The number of hydrogen-bond donors (Lipinski definition) is 0. The van der Waals surface area contributed by atoms with Crippen LogP contribution in [-0.2, 0) is 20.8 Å². The second-order valence-corrected chi connectivity index (χ2v) is 8.06. The number of rotatable bonds is 3. The molecule has 1 amide bonds. The third kappa shape index (κ3) is 3.85. The first-order chi connectivity index (χ1) is 12.3. The van der Waals surface area contributed by atoms with E-state index in [1.807, 2.05) is 39.0 Å². The van der Waals surface area contributed by atoms with Crippen LogP contribution in [0.25, 0.3) is 0 Å². The minimum Gasteiger partial charge on any atom is -0.467 e. The minimum absolute atomic E-state index is 0.0473. The Balaban J connectivity index is 1.83. The Morgan fingerprint density at radius 1 is 1.15 bits per heavy atom. The quantitative estimate of drug-likeness (QED) is 0.776. The van der Waals surface area contributed by atoms with Crippen molar-refractivity contribution in [2.24, 2.45) is 0 Å². The monoisotopic (exact) mass is 360 g/mol.